The van der Waals surface area contributed by atoms with E-state index in [1.807, 2.05) is 6.07 Å². The summed E-state index contributed by atoms with van der Waals surface area (Å²) in [5, 5.41) is 12.8. The van der Waals surface area contributed by atoms with E-state index in [2.05, 4.69) is 10.3 Å². The molecule has 0 spiro atoms. The second-order valence-electron chi connectivity index (χ2n) is 6.32. The standard InChI is InChI=1S/C17H18N2O4/c1-17(2)12(13(17)16(21)22)15(20)19-10-6-7-11(23-3)14-9(10)5-4-8-18-14/h4-8,12-13H,1-3H3,(H,19,20)(H,21,22). The number of pyridine rings is 1. The smallest absolute Gasteiger partial charge is 0.307 e. The summed E-state index contributed by atoms with van der Waals surface area (Å²) in [5.74, 6) is -1.78. The molecule has 6 heteroatoms. The van der Waals surface area contributed by atoms with Crippen molar-refractivity contribution < 1.29 is 19.4 Å². The first kappa shape index (κ1) is 15.3. The Bertz CT molecular complexity index is 800. The van der Waals surface area contributed by atoms with Crippen LogP contribution in [0.4, 0.5) is 5.69 Å². The van der Waals surface area contributed by atoms with Gasteiger partial charge in [0.1, 0.15) is 11.3 Å². The molecule has 2 aromatic rings. The highest BCUT2D eigenvalue weighted by Gasteiger charge is 2.65. The SMILES string of the molecule is COc1ccc(NC(=O)C2C(C(=O)O)C2(C)C)c2cccnc12. The molecule has 1 saturated carbocycles. The number of carboxylic acids is 1. The summed E-state index contributed by atoms with van der Waals surface area (Å²) in [5.41, 5.74) is 0.722. The van der Waals surface area contributed by atoms with Crippen LogP contribution in [0, 0.1) is 17.3 Å². The first-order valence-corrected chi connectivity index (χ1v) is 7.33. The predicted molar refractivity (Wildman–Crippen MR) is 85.3 cm³/mol. The minimum absolute atomic E-state index is 0.280. The summed E-state index contributed by atoms with van der Waals surface area (Å²) in [6, 6.07) is 7.09. The van der Waals surface area contributed by atoms with Gasteiger partial charge in [-0.15, -0.1) is 0 Å². The zero-order valence-electron chi connectivity index (χ0n) is 13.2. The van der Waals surface area contributed by atoms with Crippen LogP contribution in [0.1, 0.15) is 13.8 Å². The number of amides is 1. The molecule has 2 unspecified atom stereocenters. The van der Waals surface area contributed by atoms with E-state index in [4.69, 9.17) is 4.74 Å². The lowest BCUT2D eigenvalue weighted by Gasteiger charge is -2.11. The molecule has 2 N–H and O–H groups in total. The summed E-state index contributed by atoms with van der Waals surface area (Å²) in [7, 11) is 1.56. The average molecular weight is 314 g/mol. The highest BCUT2D eigenvalue weighted by Crippen LogP contribution is 2.58. The Balaban J connectivity index is 1.91. The summed E-state index contributed by atoms with van der Waals surface area (Å²) in [4.78, 5) is 28.0. The number of carboxylic acid groups (broad SMARTS) is 1. The van der Waals surface area contributed by atoms with Crippen LogP contribution in [0.25, 0.3) is 10.9 Å². The fraction of sp³-hybridized carbons (Fsp3) is 0.353. The van der Waals surface area contributed by atoms with Crippen LogP contribution in [-0.2, 0) is 9.59 Å². The molecule has 0 aliphatic heterocycles. The Morgan fingerprint density at radius 1 is 1.26 bits per heavy atom. The molecule has 23 heavy (non-hydrogen) atoms. The van der Waals surface area contributed by atoms with E-state index in [1.165, 1.54) is 0 Å². The van der Waals surface area contributed by atoms with Gasteiger partial charge in [0.15, 0.2) is 0 Å². The van der Waals surface area contributed by atoms with E-state index < -0.39 is 23.2 Å². The van der Waals surface area contributed by atoms with Gasteiger partial charge in [-0.05, 0) is 29.7 Å². The lowest BCUT2D eigenvalue weighted by atomic mass is 10.1. The Kier molecular flexibility index (Phi) is 3.47. The van der Waals surface area contributed by atoms with Crippen molar-refractivity contribution in [2.75, 3.05) is 12.4 Å². The zero-order chi connectivity index (χ0) is 16.8. The van der Waals surface area contributed by atoms with E-state index in [9.17, 15) is 14.7 Å². The van der Waals surface area contributed by atoms with Crippen LogP contribution in [0.15, 0.2) is 30.5 Å². The minimum atomic E-state index is -0.934. The molecule has 1 aromatic heterocycles. The van der Waals surface area contributed by atoms with Gasteiger partial charge in [0, 0.05) is 11.6 Å². The number of carbonyl (C=O) groups is 2. The maximum absolute atomic E-state index is 12.5. The van der Waals surface area contributed by atoms with Gasteiger partial charge in [-0.25, -0.2) is 0 Å². The van der Waals surface area contributed by atoms with Gasteiger partial charge < -0.3 is 15.2 Å². The fourth-order valence-corrected chi connectivity index (χ4v) is 3.22. The number of aromatic nitrogens is 1. The lowest BCUT2D eigenvalue weighted by molar-refractivity contribution is -0.140. The third-order valence-electron chi connectivity index (χ3n) is 4.59. The second-order valence-corrected chi connectivity index (χ2v) is 6.32. The number of hydrogen-bond acceptors (Lipinski definition) is 4. The molecule has 1 fully saturated rings. The van der Waals surface area contributed by atoms with Crippen molar-refractivity contribution in [3.63, 3.8) is 0 Å². The van der Waals surface area contributed by atoms with E-state index in [1.54, 1.807) is 45.4 Å². The number of ether oxygens (including phenoxy) is 1. The molecule has 0 radical (unpaired) electrons. The van der Waals surface area contributed by atoms with E-state index >= 15 is 0 Å². The lowest BCUT2D eigenvalue weighted by Crippen LogP contribution is -2.18. The van der Waals surface area contributed by atoms with E-state index in [0.717, 1.165) is 5.39 Å². The maximum Gasteiger partial charge on any atom is 0.307 e. The van der Waals surface area contributed by atoms with Crippen LogP contribution in [0.3, 0.4) is 0 Å². The van der Waals surface area contributed by atoms with Crippen molar-refractivity contribution in [3.05, 3.63) is 30.5 Å². The number of methoxy groups -OCH3 is 1. The minimum Gasteiger partial charge on any atom is -0.494 e. The monoisotopic (exact) mass is 314 g/mol. The third-order valence-corrected chi connectivity index (χ3v) is 4.59. The van der Waals surface area contributed by atoms with Crippen molar-refractivity contribution in [2.24, 2.45) is 17.3 Å². The number of fused-ring (bicyclic) bond motifs is 1. The number of nitrogens with one attached hydrogen (secondary N) is 1. The van der Waals surface area contributed by atoms with E-state index in [0.29, 0.717) is 17.0 Å². The first-order chi connectivity index (χ1) is 10.9. The number of hydrogen-bond donors (Lipinski definition) is 2. The van der Waals surface area contributed by atoms with Gasteiger partial charge in [0.2, 0.25) is 5.91 Å². The Labute approximate surface area is 133 Å². The molecule has 2 atom stereocenters. The molecule has 0 bridgehead atoms. The molecule has 1 aliphatic rings. The van der Waals surface area contributed by atoms with Crippen LogP contribution < -0.4 is 10.1 Å². The maximum atomic E-state index is 12.5. The van der Waals surface area contributed by atoms with Gasteiger partial charge in [-0.2, -0.15) is 0 Å². The molecule has 1 heterocycles. The molecule has 1 aromatic carbocycles. The van der Waals surface area contributed by atoms with Gasteiger partial charge in [-0.3, -0.25) is 14.6 Å². The predicted octanol–water partition coefficient (Wildman–Crippen LogP) is 2.54. The van der Waals surface area contributed by atoms with Crippen molar-refractivity contribution in [3.8, 4) is 5.75 Å². The number of carbonyl (C=O) groups excluding carboxylic acids is 1. The number of nitrogens with zero attached hydrogens (tertiary/aromatic N) is 1. The van der Waals surface area contributed by atoms with Crippen LogP contribution in [0.5, 0.6) is 5.75 Å². The summed E-state index contributed by atoms with van der Waals surface area (Å²) >= 11 is 0. The molecule has 6 nitrogen and oxygen atoms in total. The number of aliphatic carboxylic acids is 1. The normalized spacial score (nSPS) is 21.7. The second kappa shape index (κ2) is 5.22. The van der Waals surface area contributed by atoms with Crippen LogP contribution >= 0.6 is 0 Å². The number of anilines is 1. The molecule has 3 rings (SSSR count). The Hall–Kier alpha value is -2.63. The number of benzene rings is 1. The summed E-state index contributed by atoms with van der Waals surface area (Å²) < 4.78 is 5.28. The Morgan fingerprint density at radius 3 is 2.61 bits per heavy atom. The topological polar surface area (TPSA) is 88.5 Å². The Morgan fingerprint density at radius 2 is 2.00 bits per heavy atom. The molecule has 120 valence electrons. The van der Waals surface area contributed by atoms with Crippen molar-refractivity contribution in [1.82, 2.24) is 4.98 Å². The van der Waals surface area contributed by atoms with Crippen molar-refractivity contribution in [2.45, 2.75) is 13.8 Å². The molecule has 1 amide bonds. The van der Waals surface area contributed by atoms with E-state index in [-0.39, 0.29) is 5.91 Å². The summed E-state index contributed by atoms with van der Waals surface area (Å²) in [6.07, 6.45) is 1.65. The van der Waals surface area contributed by atoms with Crippen molar-refractivity contribution in [1.29, 1.82) is 0 Å². The molecular formula is C17H18N2O4. The molecule has 0 saturated heterocycles. The highest BCUT2D eigenvalue weighted by molar-refractivity contribution is 6.06. The highest BCUT2D eigenvalue weighted by atomic mass is 16.5. The van der Waals surface area contributed by atoms with Gasteiger partial charge >= 0.3 is 5.97 Å². The quantitative estimate of drug-likeness (QED) is 0.905. The summed E-state index contributed by atoms with van der Waals surface area (Å²) in [6.45, 7) is 3.59. The molecule has 1 aliphatic carbocycles. The fourth-order valence-electron chi connectivity index (χ4n) is 3.22. The zero-order valence-corrected chi connectivity index (χ0v) is 13.2. The van der Waals surface area contributed by atoms with Crippen LogP contribution in [-0.4, -0.2) is 29.1 Å². The average Bonchev–Trinajstić information content (AvgIpc) is 3.10. The van der Waals surface area contributed by atoms with Crippen LogP contribution in [0.2, 0.25) is 0 Å². The number of rotatable bonds is 4. The molecular weight excluding hydrogens is 296 g/mol. The van der Waals surface area contributed by atoms with Crippen molar-refractivity contribution >= 4 is 28.5 Å². The van der Waals surface area contributed by atoms with Gasteiger partial charge in [0.05, 0.1) is 24.6 Å². The van der Waals surface area contributed by atoms with Gasteiger partial charge in [0.25, 0.3) is 0 Å². The first-order valence-electron chi connectivity index (χ1n) is 7.33. The third kappa shape index (κ3) is 2.40. The van der Waals surface area contributed by atoms with Gasteiger partial charge in [-0.1, -0.05) is 13.8 Å². The largest absolute Gasteiger partial charge is 0.494 e.